The summed E-state index contributed by atoms with van der Waals surface area (Å²) >= 11 is 11.4. The van der Waals surface area contributed by atoms with Gasteiger partial charge in [0.1, 0.15) is 20.4 Å². The van der Waals surface area contributed by atoms with E-state index in [2.05, 4.69) is 32.1 Å². The van der Waals surface area contributed by atoms with Crippen LogP contribution in [0.4, 0.5) is 0 Å². The van der Waals surface area contributed by atoms with Gasteiger partial charge in [-0.05, 0) is 24.3 Å². The molecule has 180 valence electrons. The van der Waals surface area contributed by atoms with E-state index in [0.29, 0.717) is 34.4 Å². The van der Waals surface area contributed by atoms with Gasteiger partial charge in [-0.3, -0.25) is 9.80 Å². The van der Waals surface area contributed by atoms with Crippen LogP contribution < -0.4 is 0 Å². The molecular formula is C26H22N6O2S2. The first-order valence-corrected chi connectivity index (χ1v) is 12.7. The zero-order chi connectivity index (χ0) is 24.2. The van der Waals surface area contributed by atoms with Crippen LogP contribution in [0.15, 0.2) is 69.5 Å². The second-order valence-corrected chi connectivity index (χ2v) is 9.91. The van der Waals surface area contributed by atoms with Crippen molar-refractivity contribution >= 4 is 46.4 Å². The standard InChI is InChI=1S/C26H22N6O2S2/c35-25-19-13-17-5-1-3-7-21(17)33-23(19)27-31(25)15-29-9-11-30(12-10-29)16-32-26(36)20-14-18-6-2-4-8-22(18)34-24(20)28-32/h1-8,13-14H,9-12,15-16H2. The Kier molecular flexibility index (Phi) is 5.21. The SMILES string of the molecule is S=c1c2cc3ccccc3oc-2nn1CN1CCN(Cn2nc3oc4ccccc4cc-3c2=S)CC1. The molecule has 2 aromatic carbocycles. The van der Waals surface area contributed by atoms with Crippen LogP contribution >= 0.6 is 24.4 Å². The second-order valence-electron chi connectivity index (χ2n) is 9.13. The maximum absolute atomic E-state index is 5.99. The van der Waals surface area contributed by atoms with Crippen LogP contribution in [-0.2, 0) is 13.3 Å². The summed E-state index contributed by atoms with van der Waals surface area (Å²) in [6, 6.07) is 20.0. The van der Waals surface area contributed by atoms with Gasteiger partial charge in [0.25, 0.3) is 0 Å². The molecule has 5 aliphatic rings. The maximum Gasteiger partial charge on any atom is 0.247 e. The zero-order valence-electron chi connectivity index (χ0n) is 19.3. The lowest BCUT2D eigenvalue weighted by Crippen LogP contribution is -2.47. The number of hydrogen-bond acceptors (Lipinski definition) is 8. The molecule has 10 heteroatoms. The van der Waals surface area contributed by atoms with Crippen molar-refractivity contribution in [2.75, 3.05) is 26.2 Å². The molecule has 0 N–H and O–H groups in total. The normalized spacial score (nSPS) is 15.6. The van der Waals surface area contributed by atoms with E-state index in [1.165, 1.54) is 0 Å². The Morgan fingerprint density at radius 1 is 0.639 bits per heavy atom. The van der Waals surface area contributed by atoms with E-state index < -0.39 is 0 Å². The Balaban J connectivity index is 1.06. The number of para-hydroxylation sites is 2. The molecule has 0 atom stereocenters. The molecule has 0 aliphatic carbocycles. The van der Waals surface area contributed by atoms with Crippen molar-refractivity contribution in [1.29, 1.82) is 0 Å². The summed E-state index contributed by atoms with van der Waals surface area (Å²) in [5.74, 6) is 1.17. The number of nitrogens with zero attached hydrogens (tertiary/aromatic N) is 6. The van der Waals surface area contributed by atoms with Gasteiger partial charge < -0.3 is 8.83 Å². The highest BCUT2D eigenvalue weighted by atomic mass is 32.1. The van der Waals surface area contributed by atoms with Crippen molar-refractivity contribution in [2.45, 2.75) is 13.3 Å². The topological polar surface area (TPSA) is 68.4 Å². The summed E-state index contributed by atoms with van der Waals surface area (Å²) in [7, 11) is 0. The van der Waals surface area contributed by atoms with Gasteiger partial charge in [0.05, 0.1) is 24.5 Å². The van der Waals surface area contributed by atoms with E-state index >= 15 is 0 Å². The van der Waals surface area contributed by atoms with E-state index in [4.69, 9.17) is 33.3 Å². The summed E-state index contributed by atoms with van der Waals surface area (Å²) in [4.78, 5) is 4.71. The Morgan fingerprint density at radius 2 is 1.06 bits per heavy atom. The Labute approximate surface area is 216 Å². The van der Waals surface area contributed by atoms with Crippen LogP contribution in [0, 0.1) is 9.28 Å². The molecule has 1 saturated heterocycles. The third-order valence-electron chi connectivity index (χ3n) is 6.80. The number of rotatable bonds is 4. The predicted molar refractivity (Wildman–Crippen MR) is 142 cm³/mol. The van der Waals surface area contributed by atoms with Gasteiger partial charge in [-0.25, -0.2) is 9.36 Å². The van der Waals surface area contributed by atoms with Crippen LogP contribution in [0.5, 0.6) is 0 Å². The van der Waals surface area contributed by atoms with Crippen molar-refractivity contribution in [3.05, 3.63) is 69.9 Å². The summed E-state index contributed by atoms with van der Waals surface area (Å²) in [5.41, 5.74) is 3.38. The largest absolute Gasteiger partial charge is 0.436 e. The second kappa shape index (κ2) is 8.59. The van der Waals surface area contributed by atoms with E-state index in [1.54, 1.807) is 0 Å². The lowest BCUT2D eigenvalue weighted by atomic mass is 10.2. The highest BCUT2D eigenvalue weighted by Crippen LogP contribution is 2.30. The molecule has 0 unspecified atom stereocenters. The third-order valence-corrected chi connectivity index (χ3v) is 7.66. The van der Waals surface area contributed by atoms with Crippen LogP contribution in [0.3, 0.4) is 0 Å². The number of aromatic nitrogens is 4. The molecule has 5 aliphatic heterocycles. The minimum Gasteiger partial charge on any atom is -0.436 e. The summed E-state index contributed by atoms with van der Waals surface area (Å²) < 4.78 is 17.1. The molecule has 0 bridgehead atoms. The molecule has 7 rings (SSSR count). The monoisotopic (exact) mass is 514 g/mol. The van der Waals surface area contributed by atoms with E-state index in [9.17, 15) is 0 Å². The molecule has 1 fully saturated rings. The molecule has 2 aromatic rings. The quantitative estimate of drug-likeness (QED) is 0.287. The zero-order valence-corrected chi connectivity index (χ0v) is 21.0. The van der Waals surface area contributed by atoms with Crippen molar-refractivity contribution < 1.29 is 8.83 Å². The van der Waals surface area contributed by atoms with Gasteiger partial charge in [-0.1, -0.05) is 60.8 Å². The number of fused-ring (bicyclic) bond motifs is 4. The first-order valence-electron chi connectivity index (χ1n) is 11.9. The number of piperazine rings is 1. The molecule has 0 aromatic heterocycles. The van der Waals surface area contributed by atoms with Crippen molar-refractivity contribution in [3.63, 3.8) is 0 Å². The Bertz CT molecular complexity index is 1640. The summed E-state index contributed by atoms with van der Waals surface area (Å²) in [6.07, 6.45) is 0. The molecule has 8 nitrogen and oxygen atoms in total. The summed E-state index contributed by atoms with van der Waals surface area (Å²) in [5, 5.41) is 11.4. The van der Waals surface area contributed by atoms with Crippen molar-refractivity contribution in [1.82, 2.24) is 29.4 Å². The average Bonchev–Trinajstić information content (AvgIpc) is 3.37. The van der Waals surface area contributed by atoms with Crippen molar-refractivity contribution in [2.24, 2.45) is 0 Å². The smallest absolute Gasteiger partial charge is 0.247 e. The molecule has 36 heavy (non-hydrogen) atoms. The fraction of sp³-hybridized carbons (Fsp3) is 0.231. The third kappa shape index (κ3) is 3.73. The van der Waals surface area contributed by atoms with Gasteiger partial charge in [-0.15, -0.1) is 10.2 Å². The lowest BCUT2D eigenvalue weighted by molar-refractivity contribution is 0.0797. The van der Waals surface area contributed by atoms with E-state index in [0.717, 1.165) is 59.2 Å². The molecule has 0 radical (unpaired) electrons. The summed E-state index contributed by atoms with van der Waals surface area (Å²) in [6.45, 7) is 4.85. The van der Waals surface area contributed by atoms with E-state index in [1.807, 2.05) is 57.9 Å². The fourth-order valence-electron chi connectivity index (χ4n) is 4.82. The van der Waals surface area contributed by atoms with Crippen molar-refractivity contribution in [3.8, 4) is 22.9 Å². The molecule has 0 amide bonds. The predicted octanol–water partition coefficient (Wildman–Crippen LogP) is 5.47. The average molecular weight is 515 g/mol. The fourth-order valence-corrected chi connectivity index (χ4v) is 5.31. The lowest BCUT2D eigenvalue weighted by Gasteiger charge is -2.34. The Hall–Kier alpha value is -3.44. The van der Waals surface area contributed by atoms with Gasteiger partial charge in [0, 0.05) is 37.0 Å². The van der Waals surface area contributed by atoms with Gasteiger partial charge in [0.15, 0.2) is 0 Å². The molecule has 0 saturated carbocycles. The van der Waals surface area contributed by atoms with E-state index in [-0.39, 0.29) is 0 Å². The van der Waals surface area contributed by atoms with Crippen LogP contribution in [0.1, 0.15) is 0 Å². The minimum absolute atomic E-state index is 0.583. The molecule has 0 spiro atoms. The minimum atomic E-state index is 0.583. The van der Waals surface area contributed by atoms with Crippen LogP contribution in [0.25, 0.3) is 44.8 Å². The first-order chi connectivity index (χ1) is 17.6. The van der Waals surface area contributed by atoms with Crippen LogP contribution in [0.2, 0.25) is 0 Å². The van der Waals surface area contributed by atoms with Gasteiger partial charge in [-0.2, -0.15) is 0 Å². The van der Waals surface area contributed by atoms with Gasteiger partial charge >= 0.3 is 0 Å². The maximum atomic E-state index is 5.99. The molecular weight excluding hydrogens is 492 g/mol. The van der Waals surface area contributed by atoms with Gasteiger partial charge in [0.2, 0.25) is 11.8 Å². The molecule has 5 heterocycles. The first kappa shape index (κ1) is 21.8. The number of hydrogen-bond donors (Lipinski definition) is 0. The van der Waals surface area contributed by atoms with Crippen LogP contribution in [-0.4, -0.2) is 55.5 Å². The highest BCUT2D eigenvalue weighted by molar-refractivity contribution is 7.71. The highest BCUT2D eigenvalue weighted by Gasteiger charge is 2.23. The number of benzene rings is 2. The Morgan fingerprint density at radius 3 is 1.50 bits per heavy atom.